The molecule has 0 unspecified atom stereocenters. The zero-order valence-electron chi connectivity index (χ0n) is 9.82. The number of ether oxygens (including phenoxy) is 2. The molecule has 88 valence electrons. The first-order chi connectivity index (χ1) is 7.49. The molecule has 0 aromatic heterocycles. The van der Waals surface area contributed by atoms with Gasteiger partial charge in [0, 0.05) is 11.8 Å². The van der Waals surface area contributed by atoms with Gasteiger partial charge in [0.2, 0.25) is 0 Å². The Morgan fingerprint density at radius 2 is 2.12 bits per heavy atom. The number of rotatable bonds is 4. The Bertz CT molecular complexity index is 375. The van der Waals surface area contributed by atoms with Crippen LogP contribution in [0.3, 0.4) is 0 Å². The lowest BCUT2D eigenvalue weighted by molar-refractivity contribution is -0.149. The van der Waals surface area contributed by atoms with Crippen molar-refractivity contribution in [2.45, 2.75) is 26.9 Å². The summed E-state index contributed by atoms with van der Waals surface area (Å²) in [5, 5.41) is 0. The third-order valence-corrected chi connectivity index (χ3v) is 1.92. The van der Waals surface area contributed by atoms with Crippen molar-refractivity contribution in [3.63, 3.8) is 0 Å². The standard InChI is InChI=1S/C12H17NO3/c1-8(2)16-12(14)7-15-11-6-10(13)5-4-9(11)3/h4-6,8H,7,13H2,1-3H3. The van der Waals surface area contributed by atoms with Crippen molar-refractivity contribution >= 4 is 11.7 Å². The van der Waals surface area contributed by atoms with Crippen LogP contribution in [-0.4, -0.2) is 18.7 Å². The summed E-state index contributed by atoms with van der Waals surface area (Å²) in [5.41, 5.74) is 7.16. The molecule has 0 aliphatic carbocycles. The molecule has 1 aromatic rings. The molecule has 0 heterocycles. The monoisotopic (exact) mass is 223 g/mol. The van der Waals surface area contributed by atoms with Crippen LogP contribution in [0.4, 0.5) is 5.69 Å². The number of esters is 1. The van der Waals surface area contributed by atoms with E-state index < -0.39 is 0 Å². The number of nitrogen functional groups attached to an aromatic ring is 1. The number of benzene rings is 1. The second-order valence-corrected chi connectivity index (χ2v) is 3.85. The molecule has 0 atom stereocenters. The minimum Gasteiger partial charge on any atom is -0.482 e. The van der Waals surface area contributed by atoms with E-state index >= 15 is 0 Å². The van der Waals surface area contributed by atoms with Crippen LogP contribution in [-0.2, 0) is 9.53 Å². The maximum Gasteiger partial charge on any atom is 0.344 e. The highest BCUT2D eigenvalue weighted by Gasteiger charge is 2.07. The lowest BCUT2D eigenvalue weighted by Crippen LogP contribution is -2.19. The predicted octanol–water partition coefficient (Wildman–Crippen LogP) is 1.91. The first kappa shape index (κ1) is 12.4. The van der Waals surface area contributed by atoms with Gasteiger partial charge in [-0.15, -0.1) is 0 Å². The van der Waals surface area contributed by atoms with Crippen LogP contribution in [0.1, 0.15) is 19.4 Å². The van der Waals surface area contributed by atoms with E-state index in [0.717, 1.165) is 5.56 Å². The minimum atomic E-state index is -0.378. The van der Waals surface area contributed by atoms with Crippen LogP contribution in [0.15, 0.2) is 18.2 Å². The van der Waals surface area contributed by atoms with Crippen LogP contribution in [0, 0.1) is 6.92 Å². The lowest BCUT2D eigenvalue weighted by Gasteiger charge is -2.11. The number of carbonyl (C=O) groups excluding carboxylic acids is 1. The molecule has 0 saturated heterocycles. The Hall–Kier alpha value is -1.71. The summed E-state index contributed by atoms with van der Waals surface area (Å²) < 4.78 is 10.3. The van der Waals surface area contributed by atoms with Crippen LogP contribution < -0.4 is 10.5 Å². The minimum absolute atomic E-state index is 0.0948. The fourth-order valence-corrected chi connectivity index (χ4v) is 1.21. The van der Waals surface area contributed by atoms with Gasteiger partial charge in [-0.3, -0.25) is 0 Å². The first-order valence-corrected chi connectivity index (χ1v) is 5.17. The van der Waals surface area contributed by atoms with Gasteiger partial charge < -0.3 is 15.2 Å². The maximum atomic E-state index is 11.2. The average molecular weight is 223 g/mol. The van der Waals surface area contributed by atoms with Crippen LogP contribution >= 0.6 is 0 Å². The molecule has 0 spiro atoms. The number of nitrogens with two attached hydrogens (primary N) is 1. The van der Waals surface area contributed by atoms with Crippen molar-refractivity contribution in [3.05, 3.63) is 23.8 Å². The molecule has 0 saturated carbocycles. The Balaban J connectivity index is 2.54. The predicted molar refractivity (Wildman–Crippen MR) is 62.3 cm³/mol. The summed E-state index contributed by atoms with van der Waals surface area (Å²) in [6, 6.07) is 5.32. The molecular weight excluding hydrogens is 206 g/mol. The molecule has 16 heavy (non-hydrogen) atoms. The van der Waals surface area contributed by atoms with Gasteiger partial charge in [0.15, 0.2) is 6.61 Å². The van der Waals surface area contributed by atoms with Gasteiger partial charge in [-0.05, 0) is 32.4 Å². The van der Waals surface area contributed by atoms with E-state index in [1.54, 1.807) is 26.0 Å². The van der Waals surface area contributed by atoms with E-state index in [4.69, 9.17) is 15.2 Å². The van der Waals surface area contributed by atoms with Crippen LogP contribution in [0.5, 0.6) is 5.75 Å². The number of anilines is 1. The summed E-state index contributed by atoms with van der Waals surface area (Å²) in [6.45, 7) is 5.39. The Labute approximate surface area is 95.3 Å². The van der Waals surface area contributed by atoms with Gasteiger partial charge in [-0.1, -0.05) is 6.07 Å². The summed E-state index contributed by atoms with van der Waals surface area (Å²) in [6.07, 6.45) is -0.127. The van der Waals surface area contributed by atoms with Gasteiger partial charge in [0.05, 0.1) is 6.10 Å². The molecule has 2 N–H and O–H groups in total. The van der Waals surface area contributed by atoms with Gasteiger partial charge >= 0.3 is 5.97 Å². The highest BCUT2D eigenvalue weighted by molar-refractivity contribution is 5.71. The number of hydrogen-bond donors (Lipinski definition) is 1. The van der Waals surface area contributed by atoms with Gasteiger partial charge in [-0.2, -0.15) is 0 Å². The largest absolute Gasteiger partial charge is 0.482 e. The molecule has 0 radical (unpaired) electrons. The Kier molecular flexibility index (Phi) is 4.17. The second-order valence-electron chi connectivity index (χ2n) is 3.85. The van der Waals surface area contributed by atoms with Crippen molar-refractivity contribution < 1.29 is 14.3 Å². The lowest BCUT2D eigenvalue weighted by atomic mass is 10.2. The Morgan fingerprint density at radius 3 is 2.75 bits per heavy atom. The summed E-state index contributed by atoms with van der Waals surface area (Å²) in [7, 11) is 0. The van der Waals surface area contributed by atoms with E-state index in [2.05, 4.69) is 0 Å². The van der Waals surface area contributed by atoms with E-state index in [9.17, 15) is 4.79 Å². The molecule has 0 aliphatic rings. The zero-order valence-corrected chi connectivity index (χ0v) is 9.82. The molecule has 0 aliphatic heterocycles. The summed E-state index contributed by atoms with van der Waals surface area (Å²) in [4.78, 5) is 11.2. The molecule has 1 rings (SSSR count). The summed E-state index contributed by atoms with van der Waals surface area (Å²) in [5.74, 6) is 0.234. The van der Waals surface area contributed by atoms with E-state index in [1.807, 2.05) is 13.0 Å². The molecular formula is C12H17NO3. The second kappa shape index (κ2) is 5.39. The van der Waals surface area contributed by atoms with Crippen LogP contribution in [0.2, 0.25) is 0 Å². The normalized spacial score (nSPS) is 10.2. The fraction of sp³-hybridized carbons (Fsp3) is 0.417. The van der Waals surface area contributed by atoms with Crippen LogP contribution in [0.25, 0.3) is 0 Å². The third-order valence-electron chi connectivity index (χ3n) is 1.92. The molecule has 0 bridgehead atoms. The number of hydrogen-bond acceptors (Lipinski definition) is 4. The fourth-order valence-electron chi connectivity index (χ4n) is 1.21. The van der Waals surface area contributed by atoms with Crippen molar-refractivity contribution in [1.82, 2.24) is 0 Å². The molecule has 4 nitrogen and oxygen atoms in total. The quantitative estimate of drug-likeness (QED) is 0.625. The van der Waals surface area contributed by atoms with Crippen molar-refractivity contribution in [2.24, 2.45) is 0 Å². The maximum absolute atomic E-state index is 11.2. The molecule has 0 amide bonds. The number of aryl methyl sites for hydroxylation is 1. The van der Waals surface area contributed by atoms with Crippen molar-refractivity contribution in [2.75, 3.05) is 12.3 Å². The van der Waals surface area contributed by atoms with E-state index in [-0.39, 0.29) is 18.7 Å². The zero-order chi connectivity index (χ0) is 12.1. The third kappa shape index (κ3) is 3.81. The topological polar surface area (TPSA) is 61.5 Å². The first-order valence-electron chi connectivity index (χ1n) is 5.17. The molecule has 4 heteroatoms. The highest BCUT2D eigenvalue weighted by atomic mass is 16.6. The van der Waals surface area contributed by atoms with Crippen molar-refractivity contribution in [3.8, 4) is 5.75 Å². The van der Waals surface area contributed by atoms with Gasteiger partial charge in [0.1, 0.15) is 5.75 Å². The van der Waals surface area contributed by atoms with Crippen molar-refractivity contribution in [1.29, 1.82) is 0 Å². The van der Waals surface area contributed by atoms with Gasteiger partial charge in [0.25, 0.3) is 0 Å². The average Bonchev–Trinajstić information content (AvgIpc) is 2.18. The summed E-state index contributed by atoms with van der Waals surface area (Å²) >= 11 is 0. The number of carbonyl (C=O) groups is 1. The highest BCUT2D eigenvalue weighted by Crippen LogP contribution is 2.20. The van der Waals surface area contributed by atoms with Gasteiger partial charge in [-0.25, -0.2) is 4.79 Å². The van der Waals surface area contributed by atoms with E-state index in [1.165, 1.54) is 0 Å². The molecule has 0 fully saturated rings. The Morgan fingerprint density at radius 1 is 1.44 bits per heavy atom. The molecule has 1 aromatic carbocycles. The SMILES string of the molecule is Cc1ccc(N)cc1OCC(=O)OC(C)C. The van der Waals surface area contributed by atoms with E-state index in [0.29, 0.717) is 11.4 Å². The smallest absolute Gasteiger partial charge is 0.344 e.